The van der Waals surface area contributed by atoms with Gasteiger partial charge in [0.1, 0.15) is 5.76 Å². The van der Waals surface area contributed by atoms with Gasteiger partial charge in [0.25, 0.3) is 17.4 Å². The topological polar surface area (TPSA) is 101 Å². The fraction of sp³-hybridized carbons (Fsp3) is 0.333. The van der Waals surface area contributed by atoms with Gasteiger partial charge in [-0.05, 0) is 18.9 Å². The first-order chi connectivity index (χ1) is 14.8. The average Bonchev–Trinajstić information content (AvgIpc) is 3.01. The van der Waals surface area contributed by atoms with Gasteiger partial charge in [-0.25, -0.2) is 0 Å². The highest BCUT2D eigenvalue weighted by Gasteiger charge is 2.46. The molecule has 0 saturated carbocycles. The van der Waals surface area contributed by atoms with Crippen molar-refractivity contribution in [2.75, 3.05) is 6.54 Å². The quantitative estimate of drug-likeness (QED) is 0.163. The van der Waals surface area contributed by atoms with Crippen molar-refractivity contribution in [3.05, 3.63) is 80.9 Å². The fourth-order valence-electron chi connectivity index (χ4n) is 3.84. The number of unbranched alkanes of at least 4 members (excludes halogenated alkanes) is 3. The van der Waals surface area contributed by atoms with Gasteiger partial charge >= 0.3 is 0 Å². The van der Waals surface area contributed by atoms with Crippen molar-refractivity contribution in [3.8, 4) is 0 Å². The summed E-state index contributed by atoms with van der Waals surface area (Å²) in [6.45, 7) is 4.32. The second kappa shape index (κ2) is 9.55. The van der Waals surface area contributed by atoms with E-state index in [1.807, 2.05) is 6.92 Å². The first-order valence-electron chi connectivity index (χ1n) is 10.4. The van der Waals surface area contributed by atoms with E-state index in [1.165, 1.54) is 23.1 Å². The second-order valence-electron chi connectivity index (χ2n) is 7.77. The number of likely N-dealkylation sites (tertiary alicyclic amines) is 1. The minimum atomic E-state index is -0.872. The SMILES string of the molecule is CCCCCCN1C(=O)C(=O)C(=C(O)c2ccc(C)cc2)C1c1cccc([N+](=O)[O-])c1. The average molecular weight is 422 g/mol. The molecule has 1 saturated heterocycles. The number of aliphatic hydroxyl groups excluding tert-OH is 1. The number of aliphatic hydroxyl groups is 1. The Labute approximate surface area is 181 Å². The molecule has 1 N–H and O–H groups in total. The summed E-state index contributed by atoms with van der Waals surface area (Å²) in [4.78, 5) is 38.0. The normalized spacial score (nSPS) is 17.9. The van der Waals surface area contributed by atoms with Gasteiger partial charge in [0.2, 0.25) is 0 Å². The minimum absolute atomic E-state index is 0.0372. The van der Waals surface area contributed by atoms with E-state index in [-0.39, 0.29) is 17.0 Å². The molecule has 3 rings (SSSR count). The molecule has 1 atom stereocenters. The van der Waals surface area contributed by atoms with Gasteiger partial charge in [-0.15, -0.1) is 0 Å². The molecule has 1 heterocycles. The number of carbonyl (C=O) groups is 2. The van der Waals surface area contributed by atoms with Crippen molar-refractivity contribution in [2.45, 2.75) is 45.6 Å². The minimum Gasteiger partial charge on any atom is -0.507 e. The largest absolute Gasteiger partial charge is 0.507 e. The van der Waals surface area contributed by atoms with Gasteiger partial charge in [0, 0.05) is 24.2 Å². The monoisotopic (exact) mass is 422 g/mol. The van der Waals surface area contributed by atoms with E-state index in [2.05, 4.69) is 6.92 Å². The van der Waals surface area contributed by atoms with Gasteiger partial charge in [0.15, 0.2) is 0 Å². The van der Waals surface area contributed by atoms with E-state index >= 15 is 0 Å². The van der Waals surface area contributed by atoms with Gasteiger partial charge in [-0.2, -0.15) is 0 Å². The first-order valence-corrected chi connectivity index (χ1v) is 10.4. The molecule has 0 bridgehead atoms. The Morgan fingerprint density at radius 1 is 1.10 bits per heavy atom. The van der Waals surface area contributed by atoms with Gasteiger partial charge in [0.05, 0.1) is 16.5 Å². The molecule has 1 amide bonds. The van der Waals surface area contributed by atoms with Crippen molar-refractivity contribution in [1.82, 2.24) is 4.90 Å². The Bertz CT molecular complexity index is 1030. The summed E-state index contributed by atoms with van der Waals surface area (Å²) >= 11 is 0. The molecule has 2 aromatic carbocycles. The number of nitro groups is 1. The zero-order valence-electron chi connectivity index (χ0n) is 17.7. The fourth-order valence-corrected chi connectivity index (χ4v) is 3.84. The summed E-state index contributed by atoms with van der Waals surface area (Å²) in [6, 6.07) is 12.0. The van der Waals surface area contributed by atoms with Gasteiger partial charge in [-0.3, -0.25) is 19.7 Å². The Balaban J connectivity index is 2.10. The van der Waals surface area contributed by atoms with Crippen LogP contribution in [0.2, 0.25) is 0 Å². The Morgan fingerprint density at radius 2 is 1.81 bits per heavy atom. The van der Waals surface area contributed by atoms with Crippen LogP contribution in [0.1, 0.15) is 55.3 Å². The summed E-state index contributed by atoms with van der Waals surface area (Å²) < 4.78 is 0. The van der Waals surface area contributed by atoms with Crippen LogP contribution in [0.15, 0.2) is 54.1 Å². The molecule has 1 fully saturated rings. The van der Waals surface area contributed by atoms with Crippen LogP contribution in [0.4, 0.5) is 5.69 Å². The van der Waals surface area contributed by atoms with E-state index in [1.54, 1.807) is 30.3 Å². The molecule has 7 heteroatoms. The van der Waals surface area contributed by atoms with Crippen LogP contribution in [0.5, 0.6) is 0 Å². The number of nitro benzene ring substituents is 1. The molecular formula is C24H26N2O5. The first kappa shape index (κ1) is 22.2. The number of amides is 1. The molecular weight excluding hydrogens is 396 g/mol. The number of non-ortho nitro benzene ring substituents is 1. The summed E-state index contributed by atoms with van der Waals surface area (Å²) in [5, 5.41) is 22.3. The smallest absolute Gasteiger partial charge is 0.295 e. The Morgan fingerprint density at radius 3 is 2.45 bits per heavy atom. The molecule has 0 aromatic heterocycles. The molecule has 2 aromatic rings. The van der Waals surface area contributed by atoms with Crippen LogP contribution in [-0.2, 0) is 9.59 Å². The van der Waals surface area contributed by atoms with Crippen LogP contribution < -0.4 is 0 Å². The molecule has 31 heavy (non-hydrogen) atoms. The lowest BCUT2D eigenvalue weighted by molar-refractivity contribution is -0.384. The zero-order chi connectivity index (χ0) is 22.5. The highest BCUT2D eigenvalue weighted by molar-refractivity contribution is 6.46. The molecule has 1 aliphatic heterocycles. The van der Waals surface area contributed by atoms with E-state index < -0.39 is 22.7 Å². The van der Waals surface area contributed by atoms with Crippen LogP contribution in [-0.4, -0.2) is 33.2 Å². The lowest BCUT2D eigenvalue weighted by Crippen LogP contribution is -2.30. The van der Waals surface area contributed by atoms with E-state index in [0.29, 0.717) is 24.1 Å². The van der Waals surface area contributed by atoms with Crippen molar-refractivity contribution in [1.29, 1.82) is 0 Å². The van der Waals surface area contributed by atoms with Crippen molar-refractivity contribution >= 4 is 23.1 Å². The molecule has 1 unspecified atom stereocenters. The molecule has 1 aliphatic rings. The van der Waals surface area contributed by atoms with Crippen LogP contribution in [0.3, 0.4) is 0 Å². The number of hydrogen-bond donors (Lipinski definition) is 1. The number of Topliss-reactive ketones (excluding diaryl/α,β-unsaturated/α-hetero) is 1. The summed E-state index contributed by atoms with van der Waals surface area (Å²) in [5.74, 6) is -1.74. The van der Waals surface area contributed by atoms with Gasteiger partial charge < -0.3 is 10.0 Å². The van der Waals surface area contributed by atoms with E-state index in [9.17, 15) is 24.8 Å². The number of aryl methyl sites for hydroxylation is 1. The van der Waals surface area contributed by atoms with E-state index in [4.69, 9.17) is 0 Å². The highest BCUT2D eigenvalue weighted by atomic mass is 16.6. The summed E-state index contributed by atoms with van der Waals surface area (Å²) in [6.07, 6.45) is 3.64. The number of nitrogens with zero attached hydrogens (tertiary/aromatic N) is 2. The Hall–Kier alpha value is -3.48. The van der Waals surface area contributed by atoms with Crippen molar-refractivity contribution in [3.63, 3.8) is 0 Å². The van der Waals surface area contributed by atoms with Crippen molar-refractivity contribution < 1.29 is 19.6 Å². The number of carbonyl (C=O) groups excluding carboxylic acids is 2. The maximum atomic E-state index is 12.9. The van der Waals surface area contributed by atoms with Crippen LogP contribution >= 0.6 is 0 Å². The second-order valence-corrected chi connectivity index (χ2v) is 7.77. The third kappa shape index (κ3) is 4.66. The standard InChI is InChI=1S/C24H26N2O5/c1-3-4-5-6-14-25-21(18-8-7-9-19(15-18)26(30)31)20(23(28)24(25)29)22(27)17-12-10-16(2)11-13-17/h7-13,15,21,27H,3-6,14H2,1-2H3. The van der Waals surface area contributed by atoms with E-state index in [0.717, 1.165) is 24.8 Å². The number of hydrogen-bond acceptors (Lipinski definition) is 5. The number of rotatable bonds is 8. The number of benzene rings is 2. The van der Waals surface area contributed by atoms with Crippen LogP contribution in [0.25, 0.3) is 5.76 Å². The van der Waals surface area contributed by atoms with Gasteiger partial charge in [-0.1, -0.05) is 68.1 Å². The number of ketones is 1. The summed E-state index contributed by atoms with van der Waals surface area (Å²) in [7, 11) is 0. The third-order valence-corrected chi connectivity index (χ3v) is 5.51. The lowest BCUT2D eigenvalue weighted by atomic mass is 9.94. The predicted molar refractivity (Wildman–Crippen MR) is 117 cm³/mol. The molecule has 0 spiro atoms. The maximum absolute atomic E-state index is 12.9. The molecule has 7 nitrogen and oxygen atoms in total. The third-order valence-electron chi connectivity index (χ3n) is 5.51. The molecule has 0 aliphatic carbocycles. The summed E-state index contributed by atoms with van der Waals surface area (Å²) in [5.41, 5.74) is 1.67. The highest BCUT2D eigenvalue weighted by Crippen LogP contribution is 2.40. The maximum Gasteiger partial charge on any atom is 0.295 e. The Kier molecular flexibility index (Phi) is 6.84. The molecule has 0 radical (unpaired) electrons. The predicted octanol–water partition coefficient (Wildman–Crippen LogP) is 4.91. The zero-order valence-corrected chi connectivity index (χ0v) is 17.7. The van der Waals surface area contributed by atoms with Crippen LogP contribution in [0, 0.1) is 17.0 Å². The van der Waals surface area contributed by atoms with Crippen molar-refractivity contribution in [2.24, 2.45) is 0 Å². The lowest BCUT2D eigenvalue weighted by Gasteiger charge is -2.25. The molecule has 162 valence electrons.